The van der Waals surface area contributed by atoms with Crippen LogP contribution in [0.5, 0.6) is 0 Å². The maximum atomic E-state index is 11.5. The Morgan fingerprint density at radius 3 is 2.62 bits per heavy atom. The summed E-state index contributed by atoms with van der Waals surface area (Å²) in [4.78, 5) is 15.5. The van der Waals surface area contributed by atoms with E-state index in [1.807, 2.05) is 24.3 Å². The first-order valence-corrected chi connectivity index (χ1v) is 5.64. The highest BCUT2D eigenvalue weighted by atomic mass is 79.9. The molecule has 5 heteroatoms. The number of fused-ring (bicyclic) bond motifs is 1. The summed E-state index contributed by atoms with van der Waals surface area (Å²) in [5.41, 5.74) is 0.186. The molecule has 0 amide bonds. The monoisotopic (exact) mass is 299 g/mol. The smallest absolute Gasteiger partial charge is 0.357 e. The summed E-state index contributed by atoms with van der Waals surface area (Å²) in [6.07, 6.45) is 0. The molecule has 0 aliphatic heterocycles. The molecule has 82 valence electrons. The van der Waals surface area contributed by atoms with Crippen molar-refractivity contribution in [2.24, 2.45) is 0 Å². The van der Waals surface area contributed by atoms with E-state index in [0.717, 1.165) is 10.8 Å². The number of benzene rings is 1. The summed E-state index contributed by atoms with van der Waals surface area (Å²) in [6.45, 7) is 0. The average molecular weight is 301 g/mol. The highest BCUT2D eigenvalue weighted by molar-refractivity contribution is 9.10. The van der Waals surface area contributed by atoms with E-state index in [-0.39, 0.29) is 5.69 Å². The minimum absolute atomic E-state index is 0.186. The van der Waals surface area contributed by atoms with Crippen molar-refractivity contribution in [1.29, 1.82) is 0 Å². The predicted molar refractivity (Wildman–Crippen MR) is 65.8 cm³/mol. The first kappa shape index (κ1) is 11.4. The third-order valence-corrected chi connectivity index (χ3v) is 3.27. The molecule has 3 nitrogen and oxygen atoms in total. The number of esters is 1. The van der Waals surface area contributed by atoms with Crippen LogP contribution in [0.25, 0.3) is 10.8 Å². The Kier molecular flexibility index (Phi) is 3.12. The molecule has 1 heterocycles. The molecule has 0 bridgehead atoms. The lowest BCUT2D eigenvalue weighted by Crippen LogP contribution is -2.06. The van der Waals surface area contributed by atoms with Crippen LogP contribution in [0.4, 0.5) is 0 Å². The summed E-state index contributed by atoms with van der Waals surface area (Å²) in [7, 11) is 1.31. The van der Waals surface area contributed by atoms with Crippen LogP contribution in [0.15, 0.2) is 28.7 Å². The quantitative estimate of drug-likeness (QED) is 0.598. The number of halogens is 2. The van der Waals surface area contributed by atoms with Crippen LogP contribution < -0.4 is 0 Å². The van der Waals surface area contributed by atoms with Crippen molar-refractivity contribution in [3.63, 3.8) is 0 Å². The number of nitrogens with zero attached hydrogens (tertiary/aromatic N) is 1. The van der Waals surface area contributed by atoms with Gasteiger partial charge in [0.25, 0.3) is 0 Å². The molecule has 0 radical (unpaired) electrons. The van der Waals surface area contributed by atoms with Gasteiger partial charge in [-0.2, -0.15) is 0 Å². The number of aromatic nitrogens is 1. The zero-order chi connectivity index (χ0) is 11.7. The Labute approximate surface area is 106 Å². The molecule has 0 aliphatic rings. The first-order valence-electron chi connectivity index (χ1n) is 4.47. The molecule has 0 spiro atoms. The van der Waals surface area contributed by atoms with Crippen molar-refractivity contribution in [2.75, 3.05) is 7.11 Å². The second kappa shape index (κ2) is 4.39. The third kappa shape index (κ3) is 1.79. The molecule has 16 heavy (non-hydrogen) atoms. The molecular formula is C11H7BrClNO2. The molecule has 2 rings (SSSR count). The Hall–Kier alpha value is -1.13. The summed E-state index contributed by atoms with van der Waals surface area (Å²) < 4.78 is 5.23. The van der Waals surface area contributed by atoms with E-state index in [1.54, 1.807) is 0 Å². The average Bonchev–Trinajstić information content (AvgIpc) is 2.33. The van der Waals surface area contributed by atoms with Gasteiger partial charge in [-0.25, -0.2) is 9.78 Å². The van der Waals surface area contributed by atoms with E-state index in [2.05, 4.69) is 25.7 Å². The predicted octanol–water partition coefficient (Wildman–Crippen LogP) is 3.44. The number of methoxy groups -OCH3 is 1. The SMILES string of the molecule is COC(=O)c1nc(Cl)c2ccccc2c1Br. The highest BCUT2D eigenvalue weighted by Gasteiger charge is 2.17. The summed E-state index contributed by atoms with van der Waals surface area (Å²) in [5, 5.41) is 1.92. The number of hydrogen-bond acceptors (Lipinski definition) is 3. The second-order valence-corrected chi connectivity index (χ2v) is 4.25. The van der Waals surface area contributed by atoms with Gasteiger partial charge in [-0.3, -0.25) is 0 Å². The molecule has 0 fully saturated rings. The van der Waals surface area contributed by atoms with Gasteiger partial charge in [0.1, 0.15) is 5.15 Å². The van der Waals surface area contributed by atoms with E-state index in [9.17, 15) is 4.79 Å². The fourth-order valence-electron chi connectivity index (χ4n) is 1.42. The highest BCUT2D eigenvalue weighted by Crippen LogP contribution is 2.31. The van der Waals surface area contributed by atoms with Gasteiger partial charge in [0.05, 0.1) is 11.6 Å². The van der Waals surface area contributed by atoms with Crippen molar-refractivity contribution >= 4 is 44.3 Å². The maximum absolute atomic E-state index is 11.5. The summed E-state index contributed by atoms with van der Waals surface area (Å²) in [5.74, 6) is -0.514. The van der Waals surface area contributed by atoms with Crippen LogP contribution in [0.1, 0.15) is 10.5 Å². The second-order valence-electron chi connectivity index (χ2n) is 3.10. The van der Waals surface area contributed by atoms with Crippen LogP contribution in [0.2, 0.25) is 5.15 Å². The molecule has 0 N–H and O–H groups in total. The summed E-state index contributed by atoms with van der Waals surface area (Å²) in [6, 6.07) is 7.43. The minimum atomic E-state index is -0.514. The third-order valence-electron chi connectivity index (χ3n) is 2.18. The van der Waals surface area contributed by atoms with E-state index >= 15 is 0 Å². The van der Waals surface area contributed by atoms with Gasteiger partial charge in [-0.05, 0) is 15.9 Å². The van der Waals surface area contributed by atoms with Crippen molar-refractivity contribution < 1.29 is 9.53 Å². The van der Waals surface area contributed by atoms with E-state index in [1.165, 1.54) is 7.11 Å². The minimum Gasteiger partial charge on any atom is -0.464 e. The molecule has 0 unspecified atom stereocenters. The van der Waals surface area contributed by atoms with Crippen LogP contribution >= 0.6 is 27.5 Å². The van der Waals surface area contributed by atoms with Crippen molar-refractivity contribution in [1.82, 2.24) is 4.98 Å². The fourth-order valence-corrected chi connectivity index (χ4v) is 2.27. The fraction of sp³-hybridized carbons (Fsp3) is 0.0909. The molecule has 1 aromatic heterocycles. The zero-order valence-electron chi connectivity index (χ0n) is 8.33. The van der Waals surface area contributed by atoms with Crippen LogP contribution in [0, 0.1) is 0 Å². The molecule has 1 aromatic carbocycles. The van der Waals surface area contributed by atoms with Crippen LogP contribution in [-0.2, 0) is 4.74 Å². The Morgan fingerprint density at radius 2 is 2.00 bits per heavy atom. The first-order chi connectivity index (χ1) is 7.65. The van der Waals surface area contributed by atoms with Crippen molar-refractivity contribution in [2.45, 2.75) is 0 Å². The van der Waals surface area contributed by atoms with Gasteiger partial charge in [0.15, 0.2) is 5.69 Å². The van der Waals surface area contributed by atoms with Crippen LogP contribution in [-0.4, -0.2) is 18.1 Å². The molecule has 0 saturated heterocycles. The Morgan fingerprint density at radius 1 is 1.38 bits per heavy atom. The van der Waals surface area contributed by atoms with Gasteiger partial charge >= 0.3 is 5.97 Å². The number of rotatable bonds is 1. The normalized spacial score (nSPS) is 10.4. The Bertz CT molecular complexity index is 571. The lowest BCUT2D eigenvalue weighted by molar-refractivity contribution is 0.0593. The lowest BCUT2D eigenvalue weighted by Gasteiger charge is -2.06. The number of carbonyl (C=O) groups is 1. The molecule has 2 aromatic rings. The largest absolute Gasteiger partial charge is 0.464 e. The van der Waals surface area contributed by atoms with Crippen molar-refractivity contribution in [3.8, 4) is 0 Å². The van der Waals surface area contributed by atoms with Gasteiger partial charge in [0, 0.05) is 10.8 Å². The number of ether oxygens (including phenoxy) is 1. The molecule has 0 atom stereocenters. The van der Waals surface area contributed by atoms with Crippen molar-refractivity contribution in [3.05, 3.63) is 39.6 Å². The molecule has 0 aliphatic carbocycles. The van der Waals surface area contributed by atoms with E-state index in [4.69, 9.17) is 11.6 Å². The number of carbonyl (C=O) groups excluding carboxylic acids is 1. The lowest BCUT2D eigenvalue weighted by atomic mass is 10.1. The number of hydrogen-bond donors (Lipinski definition) is 0. The standard InChI is InChI=1S/C11H7BrClNO2/c1-16-11(15)9-8(12)6-4-2-3-5-7(6)10(13)14-9/h2-5H,1H3. The topological polar surface area (TPSA) is 39.2 Å². The maximum Gasteiger partial charge on any atom is 0.357 e. The summed E-state index contributed by atoms with van der Waals surface area (Å²) >= 11 is 9.33. The van der Waals surface area contributed by atoms with Gasteiger partial charge < -0.3 is 4.74 Å². The van der Waals surface area contributed by atoms with Crippen LogP contribution in [0.3, 0.4) is 0 Å². The van der Waals surface area contributed by atoms with Gasteiger partial charge in [-0.1, -0.05) is 35.9 Å². The van der Waals surface area contributed by atoms with E-state index in [0.29, 0.717) is 9.63 Å². The zero-order valence-corrected chi connectivity index (χ0v) is 10.7. The number of pyridine rings is 1. The molecule has 0 saturated carbocycles. The van der Waals surface area contributed by atoms with Gasteiger partial charge in [-0.15, -0.1) is 0 Å². The molecular weight excluding hydrogens is 293 g/mol. The Balaban J connectivity index is 2.80. The van der Waals surface area contributed by atoms with Gasteiger partial charge in [0.2, 0.25) is 0 Å². The van der Waals surface area contributed by atoms with E-state index < -0.39 is 5.97 Å².